The quantitative estimate of drug-likeness (QED) is 0.361. The Labute approximate surface area is 207 Å². The minimum Gasteiger partial charge on any atom is -0.508 e. The second-order valence-corrected chi connectivity index (χ2v) is 9.24. The van der Waals surface area contributed by atoms with Crippen molar-refractivity contribution >= 4 is 23.3 Å². The number of nitrogens with zero attached hydrogens (tertiary/aromatic N) is 2. The second kappa shape index (κ2) is 12.6. The summed E-state index contributed by atoms with van der Waals surface area (Å²) in [5.41, 5.74) is 2.57. The Morgan fingerprint density at radius 2 is 1.71 bits per heavy atom. The molecule has 0 bridgehead atoms. The Kier molecular flexibility index (Phi) is 9.51. The van der Waals surface area contributed by atoms with E-state index in [4.69, 9.17) is 5.11 Å². The first kappa shape index (κ1) is 26.5. The first-order valence-corrected chi connectivity index (χ1v) is 12.4. The van der Waals surface area contributed by atoms with E-state index in [2.05, 4.69) is 10.2 Å². The van der Waals surface area contributed by atoms with Gasteiger partial charge in [-0.15, -0.1) is 0 Å². The maximum atomic E-state index is 12.4. The van der Waals surface area contributed by atoms with Gasteiger partial charge in [-0.05, 0) is 68.1 Å². The Balaban J connectivity index is 1.54. The van der Waals surface area contributed by atoms with Crippen LogP contribution in [0.3, 0.4) is 0 Å². The Hall–Kier alpha value is -3.10. The lowest BCUT2D eigenvalue weighted by atomic mass is 9.99. The summed E-state index contributed by atoms with van der Waals surface area (Å²) in [5.74, 6) is -1.33. The Bertz CT molecular complexity index is 956. The third-order valence-electron chi connectivity index (χ3n) is 6.57. The van der Waals surface area contributed by atoms with Crippen molar-refractivity contribution in [2.24, 2.45) is 0 Å². The van der Waals surface area contributed by atoms with Gasteiger partial charge in [0.1, 0.15) is 12.2 Å². The molecule has 1 fully saturated rings. The molecule has 8 nitrogen and oxygen atoms in total. The SMILES string of the molecule is CCCCN(C(=O)CC(=O)O)c1ccc(N2CCC(N[C@@H](C)[C@H](O)c3ccc(O)cc3)CC2)cc1. The van der Waals surface area contributed by atoms with Crippen molar-refractivity contribution in [2.45, 2.75) is 64.1 Å². The fourth-order valence-corrected chi connectivity index (χ4v) is 4.51. The van der Waals surface area contributed by atoms with E-state index in [9.17, 15) is 19.8 Å². The number of hydrogen-bond acceptors (Lipinski definition) is 6. The molecular formula is C27H37N3O5. The molecule has 0 radical (unpaired) electrons. The molecule has 1 amide bonds. The van der Waals surface area contributed by atoms with E-state index in [0.29, 0.717) is 12.6 Å². The van der Waals surface area contributed by atoms with Crippen molar-refractivity contribution in [2.75, 3.05) is 29.4 Å². The molecule has 2 atom stereocenters. The van der Waals surface area contributed by atoms with Crippen LogP contribution in [0, 0.1) is 0 Å². The van der Waals surface area contributed by atoms with Gasteiger partial charge in [-0.1, -0.05) is 25.5 Å². The molecule has 2 aromatic rings. The normalized spacial score (nSPS) is 16.0. The van der Waals surface area contributed by atoms with Gasteiger partial charge >= 0.3 is 5.97 Å². The van der Waals surface area contributed by atoms with Crippen LogP contribution >= 0.6 is 0 Å². The highest BCUT2D eigenvalue weighted by Gasteiger charge is 2.24. The number of aromatic hydroxyl groups is 1. The van der Waals surface area contributed by atoms with Gasteiger partial charge in [0.2, 0.25) is 5.91 Å². The van der Waals surface area contributed by atoms with Crippen LogP contribution < -0.4 is 15.1 Å². The number of phenolic OH excluding ortho intramolecular Hbond substituents is 1. The number of rotatable bonds is 11. The summed E-state index contributed by atoms with van der Waals surface area (Å²) >= 11 is 0. The fraction of sp³-hybridized carbons (Fsp3) is 0.481. The number of carbonyl (C=O) groups is 2. The molecule has 0 aliphatic carbocycles. The molecule has 0 saturated carbocycles. The van der Waals surface area contributed by atoms with E-state index in [-0.39, 0.29) is 11.8 Å². The van der Waals surface area contributed by atoms with Gasteiger partial charge in [-0.25, -0.2) is 0 Å². The molecule has 0 aromatic heterocycles. The summed E-state index contributed by atoms with van der Waals surface area (Å²) in [7, 11) is 0. The summed E-state index contributed by atoms with van der Waals surface area (Å²) in [6, 6.07) is 14.6. The molecule has 0 unspecified atom stereocenters. The highest BCUT2D eigenvalue weighted by molar-refractivity contribution is 6.03. The molecule has 190 valence electrons. The first-order chi connectivity index (χ1) is 16.8. The van der Waals surface area contributed by atoms with Crippen molar-refractivity contribution in [1.82, 2.24) is 5.32 Å². The molecule has 1 saturated heterocycles. The number of unbranched alkanes of at least 4 members (excludes halogenated alkanes) is 1. The summed E-state index contributed by atoms with van der Waals surface area (Å²) in [4.78, 5) is 27.3. The number of carbonyl (C=O) groups excluding carboxylic acids is 1. The van der Waals surface area contributed by atoms with Gasteiger partial charge in [0.15, 0.2) is 0 Å². The van der Waals surface area contributed by atoms with Gasteiger partial charge in [0, 0.05) is 43.1 Å². The summed E-state index contributed by atoms with van der Waals surface area (Å²) in [5, 5.41) is 32.6. The van der Waals surface area contributed by atoms with Crippen molar-refractivity contribution in [3.8, 4) is 5.75 Å². The van der Waals surface area contributed by atoms with E-state index >= 15 is 0 Å². The second-order valence-electron chi connectivity index (χ2n) is 9.24. The maximum absolute atomic E-state index is 12.4. The number of carboxylic acid groups (broad SMARTS) is 1. The molecule has 8 heteroatoms. The predicted molar refractivity (Wildman–Crippen MR) is 137 cm³/mol. The molecular weight excluding hydrogens is 446 g/mol. The van der Waals surface area contributed by atoms with Gasteiger partial charge in [-0.3, -0.25) is 9.59 Å². The van der Waals surface area contributed by atoms with Crippen LogP contribution in [0.4, 0.5) is 11.4 Å². The lowest BCUT2D eigenvalue weighted by Crippen LogP contribution is -2.47. The zero-order valence-electron chi connectivity index (χ0n) is 20.6. The van der Waals surface area contributed by atoms with Crippen molar-refractivity contribution in [3.63, 3.8) is 0 Å². The van der Waals surface area contributed by atoms with Crippen LogP contribution in [0.5, 0.6) is 5.75 Å². The number of aliphatic carboxylic acids is 1. The zero-order chi connectivity index (χ0) is 25.4. The summed E-state index contributed by atoms with van der Waals surface area (Å²) in [6.07, 6.45) is 2.45. The van der Waals surface area contributed by atoms with E-state index in [1.54, 1.807) is 29.2 Å². The average Bonchev–Trinajstić information content (AvgIpc) is 2.85. The van der Waals surface area contributed by atoms with Crippen LogP contribution in [0.2, 0.25) is 0 Å². The topological polar surface area (TPSA) is 113 Å². The van der Waals surface area contributed by atoms with Crippen molar-refractivity contribution in [3.05, 3.63) is 54.1 Å². The molecule has 35 heavy (non-hydrogen) atoms. The van der Waals surface area contributed by atoms with Crippen LogP contribution in [0.1, 0.15) is 57.6 Å². The van der Waals surface area contributed by atoms with Crippen molar-refractivity contribution < 1.29 is 24.9 Å². The monoisotopic (exact) mass is 483 g/mol. The summed E-state index contributed by atoms with van der Waals surface area (Å²) in [6.45, 7) is 6.26. The standard InChI is InChI=1S/C27H37N3O5/c1-3-4-15-30(25(32)18-26(33)34)23-9-7-22(8-10-23)29-16-13-21(14-17-29)28-19(2)27(35)20-5-11-24(31)12-6-20/h5-12,19,21,27-28,31,35H,3-4,13-18H2,1-2H3,(H,33,34)/t19-,27-/m0/s1. The third kappa shape index (κ3) is 7.44. The number of nitrogens with one attached hydrogen (secondary N) is 1. The number of benzene rings is 2. The number of hydrogen-bond donors (Lipinski definition) is 4. The third-order valence-corrected chi connectivity index (χ3v) is 6.57. The van der Waals surface area contributed by atoms with E-state index in [0.717, 1.165) is 55.7 Å². The minimum absolute atomic E-state index is 0.118. The maximum Gasteiger partial charge on any atom is 0.312 e. The molecule has 1 aliphatic heterocycles. The summed E-state index contributed by atoms with van der Waals surface area (Å²) < 4.78 is 0. The number of aliphatic hydroxyl groups is 1. The van der Waals surface area contributed by atoms with Crippen LogP contribution in [0.25, 0.3) is 0 Å². The number of phenols is 1. The van der Waals surface area contributed by atoms with Crippen LogP contribution in [0.15, 0.2) is 48.5 Å². The molecule has 4 N–H and O–H groups in total. The van der Waals surface area contributed by atoms with Gasteiger partial charge < -0.3 is 30.4 Å². The largest absolute Gasteiger partial charge is 0.508 e. The smallest absolute Gasteiger partial charge is 0.312 e. The van der Waals surface area contributed by atoms with Gasteiger partial charge in [0.05, 0.1) is 6.10 Å². The average molecular weight is 484 g/mol. The number of piperidine rings is 1. The highest BCUT2D eigenvalue weighted by atomic mass is 16.4. The zero-order valence-corrected chi connectivity index (χ0v) is 20.6. The fourth-order valence-electron chi connectivity index (χ4n) is 4.51. The van der Waals surface area contributed by atoms with E-state index in [1.165, 1.54) is 0 Å². The number of anilines is 2. The Morgan fingerprint density at radius 3 is 2.29 bits per heavy atom. The molecule has 0 spiro atoms. The number of amides is 1. The highest BCUT2D eigenvalue weighted by Crippen LogP contribution is 2.26. The van der Waals surface area contributed by atoms with Crippen LogP contribution in [-0.4, -0.2) is 58.9 Å². The first-order valence-electron chi connectivity index (χ1n) is 12.4. The Morgan fingerprint density at radius 1 is 1.09 bits per heavy atom. The molecule has 1 aliphatic rings. The number of carboxylic acids is 1. The van der Waals surface area contributed by atoms with Crippen molar-refractivity contribution in [1.29, 1.82) is 0 Å². The van der Waals surface area contributed by atoms with E-state index in [1.807, 2.05) is 38.1 Å². The molecule has 3 rings (SSSR count). The number of aliphatic hydroxyl groups excluding tert-OH is 1. The lowest BCUT2D eigenvalue weighted by molar-refractivity contribution is -0.140. The minimum atomic E-state index is -1.12. The van der Waals surface area contributed by atoms with Crippen LogP contribution in [-0.2, 0) is 9.59 Å². The van der Waals surface area contributed by atoms with E-state index < -0.39 is 24.4 Å². The van der Waals surface area contributed by atoms with Gasteiger partial charge in [0.25, 0.3) is 0 Å². The molecule has 1 heterocycles. The predicted octanol–water partition coefficient (Wildman–Crippen LogP) is 3.68. The van der Waals surface area contributed by atoms with Gasteiger partial charge in [-0.2, -0.15) is 0 Å². The molecule has 2 aromatic carbocycles. The lowest BCUT2D eigenvalue weighted by Gasteiger charge is -2.36.